The molecule has 6 nitrogen and oxygen atoms in total. The zero-order valence-corrected chi connectivity index (χ0v) is 18.0. The predicted molar refractivity (Wildman–Crippen MR) is 124 cm³/mol. The summed E-state index contributed by atoms with van der Waals surface area (Å²) in [5.41, 5.74) is 3.77. The molecule has 0 bridgehead atoms. The first-order valence-electron chi connectivity index (χ1n) is 9.44. The third-order valence-electron chi connectivity index (χ3n) is 4.73. The van der Waals surface area contributed by atoms with Crippen LogP contribution in [0.2, 0.25) is 10.0 Å². The van der Waals surface area contributed by atoms with Crippen LogP contribution in [0.4, 0.5) is 5.69 Å². The molecule has 2 N–H and O–H groups in total. The Kier molecular flexibility index (Phi) is 5.93. The van der Waals surface area contributed by atoms with Crippen LogP contribution in [0.1, 0.15) is 18.6 Å². The van der Waals surface area contributed by atoms with Gasteiger partial charge < -0.3 is 10.1 Å². The molecule has 0 saturated heterocycles. The number of carbonyl (C=O) groups excluding carboxylic acids is 1. The highest BCUT2D eigenvalue weighted by molar-refractivity contribution is 6.35. The standard InChI is InChI=1S/C23H18Cl2N4O2/c1-3-21(30)27-15-6-4-5-14(9-15)23-17-10-16(7-8-20(17)28-29-23)31-13(2)22-18(24)11-26-12-19(22)25/h3-13H,1H2,2H3,(H,27,30)(H,28,29)/t13-/m1/s1. The molecule has 0 aliphatic rings. The second kappa shape index (κ2) is 8.79. The van der Waals surface area contributed by atoms with Crippen molar-refractivity contribution in [2.24, 2.45) is 0 Å². The largest absolute Gasteiger partial charge is 0.486 e. The van der Waals surface area contributed by atoms with Gasteiger partial charge in [-0.3, -0.25) is 14.9 Å². The van der Waals surface area contributed by atoms with Crippen LogP contribution >= 0.6 is 23.2 Å². The molecule has 1 atom stereocenters. The van der Waals surface area contributed by atoms with Crippen LogP contribution in [0.15, 0.2) is 67.5 Å². The van der Waals surface area contributed by atoms with E-state index in [9.17, 15) is 4.79 Å². The van der Waals surface area contributed by atoms with E-state index >= 15 is 0 Å². The fraction of sp³-hybridized carbons (Fsp3) is 0.0870. The molecule has 0 aliphatic carbocycles. The normalized spacial score (nSPS) is 11.8. The summed E-state index contributed by atoms with van der Waals surface area (Å²) < 4.78 is 6.11. The number of nitrogens with one attached hydrogen (secondary N) is 2. The number of hydrogen-bond donors (Lipinski definition) is 2. The maximum atomic E-state index is 11.6. The Hall–Kier alpha value is -3.35. The maximum absolute atomic E-state index is 11.6. The van der Waals surface area contributed by atoms with Crippen molar-refractivity contribution in [1.29, 1.82) is 0 Å². The highest BCUT2D eigenvalue weighted by Crippen LogP contribution is 2.35. The Morgan fingerprint density at radius 3 is 2.71 bits per heavy atom. The lowest BCUT2D eigenvalue weighted by atomic mass is 10.1. The molecular formula is C23H18Cl2N4O2. The summed E-state index contributed by atoms with van der Waals surface area (Å²) in [7, 11) is 0. The lowest BCUT2D eigenvalue weighted by Gasteiger charge is -2.17. The quantitative estimate of drug-likeness (QED) is 0.341. The summed E-state index contributed by atoms with van der Waals surface area (Å²) in [6.45, 7) is 5.35. The summed E-state index contributed by atoms with van der Waals surface area (Å²) in [4.78, 5) is 15.6. The van der Waals surface area contributed by atoms with E-state index in [1.165, 1.54) is 18.5 Å². The van der Waals surface area contributed by atoms with Crippen molar-refractivity contribution >= 4 is 45.7 Å². The SMILES string of the molecule is C=CC(=O)Nc1cccc(-c2n[nH]c3ccc(O[C@H](C)c4c(Cl)cncc4Cl)cc23)c1. The number of H-pyrrole nitrogens is 1. The molecule has 0 saturated carbocycles. The van der Waals surface area contributed by atoms with Gasteiger partial charge >= 0.3 is 0 Å². The minimum Gasteiger partial charge on any atom is -0.486 e. The smallest absolute Gasteiger partial charge is 0.247 e. The van der Waals surface area contributed by atoms with Gasteiger partial charge in [0, 0.05) is 34.6 Å². The maximum Gasteiger partial charge on any atom is 0.247 e. The summed E-state index contributed by atoms with van der Waals surface area (Å²) >= 11 is 12.5. The van der Waals surface area contributed by atoms with E-state index in [4.69, 9.17) is 27.9 Å². The zero-order chi connectivity index (χ0) is 22.0. The van der Waals surface area contributed by atoms with E-state index in [-0.39, 0.29) is 12.0 Å². The molecule has 2 heterocycles. The number of carbonyl (C=O) groups is 1. The van der Waals surface area contributed by atoms with Crippen LogP contribution in [0.25, 0.3) is 22.2 Å². The van der Waals surface area contributed by atoms with Crippen molar-refractivity contribution in [2.75, 3.05) is 5.32 Å². The third kappa shape index (κ3) is 4.40. The van der Waals surface area contributed by atoms with Gasteiger partial charge in [0.25, 0.3) is 0 Å². The molecule has 2 aromatic heterocycles. The number of hydrogen-bond acceptors (Lipinski definition) is 4. The number of benzene rings is 2. The van der Waals surface area contributed by atoms with Crippen molar-refractivity contribution in [1.82, 2.24) is 15.2 Å². The van der Waals surface area contributed by atoms with E-state index in [1.54, 1.807) is 6.07 Å². The monoisotopic (exact) mass is 452 g/mol. The van der Waals surface area contributed by atoms with Crippen LogP contribution in [0, 0.1) is 0 Å². The summed E-state index contributed by atoms with van der Waals surface area (Å²) in [6.07, 6.45) is 3.92. The van der Waals surface area contributed by atoms with Gasteiger partial charge in [-0.25, -0.2) is 0 Å². The molecule has 2 aromatic carbocycles. The number of pyridine rings is 1. The predicted octanol–water partition coefficient (Wildman–Crippen LogP) is 6.20. The lowest BCUT2D eigenvalue weighted by molar-refractivity contribution is -0.111. The Bertz CT molecular complexity index is 1270. The van der Waals surface area contributed by atoms with Crippen LogP contribution in [0.5, 0.6) is 5.75 Å². The third-order valence-corrected chi connectivity index (χ3v) is 5.34. The van der Waals surface area contributed by atoms with Gasteiger partial charge in [-0.2, -0.15) is 5.10 Å². The van der Waals surface area contributed by atoms with Gasteiger partial charge in [0.1, 0.15) is 17.5 Å². The van der Waals surface area contributed by atoms with Gasteiger partial charge in [-0.1, -0.05) is 41.9 Å². The summed E-state index contributed by atoms with van der Waals surface area (Å²) in [5.74, 6) is 0.366. The number of amides is 1. The van der Waals surface area contributed by atoms with Crippen molar-refractivity contribution in [3.8, 4) is 17.0 Å². The van der Waals surface area contributed by atoms with Crippen molar-refractivity contribution in [2.45, 2.75) is 13.0 Å². The highest BCUT2D eigenvalue weighted by Gasteiger charge is 2.17. The topological polar surface area (TPSA) is 79.9 Å². The van der Waals surface area contributed by atoms with E-state index in [0.29, 0.717) is 27.0 Å². The molecular weight excluding hydrogens is 435 g/mol. The van der Waals surface area contributed by atoms with Gasteiger partial charge in [0.2, 0.25) is 5.91 Å². The van der Waals surface area contributed by atoms with Crippen molar-refractivity contribution in [3.05, 3.63) is 83.1 Å². The molecule has 0 aliphatic heterocycles. The number of aromatic nitrogens is 3. The Balaban J connectivity index is 1.66. The Morgan fingerprint density at radius 2 is 1.97 bits per heavy atom. The van der Waals surface area contributed by atoms with Gasteiger partial charge in [0.05, 0.1) is 15.6 Å². The Labute approximate surface area is 188 Å². The number of nitrogens with zero attached hydrogens (tertiary/aromatic N) is 2. The molecule has 4 aromatic rings. The van der Waals surface area contributed by atoms with Crippen LogP contribution < -0.4 is 10.1 Å². The first-order chi connectivity index (χ1) is 15.0. The number of anilines is 1. The fourth-order valence-electron chi connectivity index (χ4n) is 3.30. The minimum atomic E-state index is -0.381. The van der Waals surface area contributed by atoms with Gasteiger partial charge in [-0.05, 0) is 43.3 Å². The minimum absolute atomic E-state index is 0.276. The van der Waals surface area contributed by atoms with E-state index < -0.39 is 0 Å². The molecule has 0 radical (unpaired) electrons. The molecule has 0 unspecified atom stereocenters. The van der Waals surface area contributed by atoms with Crippen LogP contribution in [-0.2, 0) is 4.79 Å². The summed E-state index contributed by atoms with van der Waals surface area (Å²) in [6, 6.07) is 13.1. The number of fused-ring (bicyclic) bond motifs is 1. The first kappa shape index (κ1) is 20.9. The molecule has 0 spiro atoms. The molecule has 0 fully saturated rings. The van der Waals surface area contributed by atoms with Crippen molar-refractivity contribution in [3.63, 3.8) is 0 Å². The lowest BCUT2D eigenvalue weighted by Crippen LogP contribution is -2.07. The molecule has 1 amide bonds. The Morgan fingerprint density at radius 1 is 1.19 bits per heavy atom. The average Bonchev–Trinajstić information content (AvgIpc) is 3.17. The van der Waals surface area contributed by atoms with Crippen LogP contribution in [0.3, 0.4) is 0 Å². The summed E-state index contributed by atoms with van der Waals surface area (Å²) in [5, 5.41) is 12.0. The number of rotatable bonds is 6. The second-order valence-electron chi connectivity index (χ2n) is 6.83. The first-order valence-corrected chi connectivity index (χ1v) is 10.2. The number of aromatic amines is 1. The zero-order valence-electron chi connectivity index (χ0n) is 16.5. The molecule has 31 heavy (non-hydrogen) atoms. The van der Waals surface area contributed by atoms with Gasteiger partial charge in [0.15, 0.2) is 0 Å². The van der Waals surface area contributed by atoms with Gasteiger partial charge in [-0.15, -0.1) is 0 Å². The van der Waals surface area contributed by atoms with E-state index in [2.05, 4.69) is 27.1 Å². The molecule has 4 rings (SSSR count). The van der Waals surface area contributed by atoms with E-state index in [1.807, 2.05) is 43.3 Å². The number of ether oxygens (including phenoxy) is 1. The molecule has 8 heteroatoms. The molecule has 156 valence electrons. The van der Waals surface area contributed by atoms with Crippen LogP contribution in [-0.4, -0.2) is 21.1 Å². The average molecular weight is 453 g/mol. The van der Waals surface area contributed by atoms with Crippen molar-refractivity contribution < 1.29 is 9.53 Å². The number of halogens is 2. The highest BCUT2D eigenvalue weighted by atomic mass is 35.5. The van der Waals surface area contributed by atoms with E-state index in [0.717, 1.165) is 22.2 Å². The second-order valence-corrected chi connectivity index (χ2v) is 7.65. The fourth-order valence-corrected chi connectivity index (χ4v) is 3.97.